The van der Waals surface area contributed by atoms with Gasteiger partial charge in [-0.25, -0.2) is 13.2 Å². The van der Waals surface area contributed by atoms with Crippen LogP contribution in [-0.2, 0) is 21.3 Å². The Morgan fingerprint density at radius 1 is 1.03 bits per heavy atom. The zero-order valence-corrected chi connectivity index (χ0v) is 23.6. The van der Waals surface area contributed by atoms with Gasteiger partial charge in [0.1, 0.15) is 11.5 Å². The lowest BCUT2D eigenvalue weighted by Gasteiger charge is -2.38. The van der Waals surface area contributed by atoms with Crippen molar-refractivity contribution in [2.75, 3.05) is 50.9 Å². The number of methoxy groups -OCH3 is 1. The van der Waals surface area contributed by atoms with Gasteiger partial charge >= 0.3 is 6.03 Å². The summed E-state index contributed by atoms with van der Waals surface area (Å²) in [5.74, 6) is 1.35. The molecule has 2 aromatic rings. The predicted molar refractivity (Wildman–Crippen MR) is 151 cm³/mol. The van der Waals surface area contributed by atoms with Crippen molar-refractivity contribution in [1.29, 1.82) is 0 Å². The summed E-state index contributed by atoms with van der Waals surface area (Å²) in [5, 5.41) is 3.09. The molecule has 1 heterocycles. The second-order valence-electron chi connectivity index (χ2n) is 9.78. The highest BCUT2D eigenvalue weighted by atomic mass is 32.2. The maximum atomic E-state index is 12.8. The summed E-state index contributed by atoms with van der Waals surface area (Å²) in [5.41, 5.74) is 1.70. The fourth-order valence-electron chi connectivity index (χ4n) is 4.56. The van der Waals surface area contributed by atoms with Gasteiger partial charge < -0.3 is 19.7 Å². The smallest absolute Gasteiger partial charge is 0.317 e. The molecule has 1 fully saturated rings. The quantitative estimate of drug-likeness (QED) is 0.334. The average molecular weight is 547 g/mol. The Labute approximate surface area is 227 Å². The maximum absolute atomic E-state index is 12.8. The molecule has 38 heavy (non-hydrogen) atoms. The third kappa shape index (κ3) is 10.2. The van der Waals surface area contributed by atoms with E-state index < -0.39 is 10.0 Å². The van der Waals surface area contributed by atoms with Gasteiger partial charge in [-0.2, -0.15) is 0 Å². The predicted octanol–water partition coefficient (Wildman–Crippen LogP) is 4.66. The Balaban J connectivity index is 1.47. The molecule has 1 saturated heterocycles. The Hall–Kier alpha value is -2.82. The Morgan fingerprint density at radius 2 is 1.66 bits per heavy atom. The lowest BCUT2D eigenvalue weighted by atomic mass is 10.0. The van der Waals surface area contributed by atoms with Crippen molar-refractivity contribution < 1.29 is 22.7 Å². The number of amides is 2. The molecule has 1 aliphatic rings. The van der Waals surface area contributed by atoms with E-state index in [-0.39, 0.29) is 12.1 Å². The van der Waals surface area contributed by atoms with Crippen LogP contribution in [-0.4, -0.2) is 76.4 Å². The molecule has 0 aliphatic carbocycles. The van der Waals surface area contributed by atoms with Crippen LogP contribution in [0.5, 0.6) is 11.5 Å². The first kappa shape index (κ1) is 29.7. The molecule has 0 bridgehead atoms. The van der Waals surface area contributed by atoms with E-state index in [1.807, 2.05) is 17.0 Å². The van der Waals surface area contributed by atoms with Crippen LogP contribution < -0.4 is 14.8 Å². The fraction of sp³-hybridized carbons (Fsp3) is 0.536. The zero-order chi connectivity index (χ0) is 27.4. The number of urea groups is 1. The van der Waals surface area contributed by atoms with Crippen LogP contribution in [0.25, 0.3) is 0 Å². The molecular formula is C28H42N4O5S. The number of nitrogens with zero attached hydrogens (tertiary/aromatic N) is 2. The lowest BCUT2D eigenvalue weighted by Crippen LogP contribution is -2.51. The van der Waals surface area contributed by atoms with E-state index in [0.29, 0.717) is 24.6 Å². The number of benzene rings is 2. The SMILES string of the molecule is CCCCCNC(=O)N(CCOC)C1CCN(Cc2ccc(Oc3ccc(NS(C)(=O)=O)cc3)cc2)CC1. The topological polar surface area (TPSA) is 100 Å². The van der Waals surface area contributed by atoms with Crippen LogP contribution in [0.15, 0.2) is 48.5 Å². The summed E-state index contributed by atoms with van der Waals surface area (Å²) in [6.07, 6.45) is 6.28. The molecule has 0 unspecified atom stereocenters. The third-order valence-corrected chi connectivity index (χ3v) is 7.18. The third-order valence-electron chi connectivity index (χ3n) is 6.57. The number of piperidine rings is 1. The average Bonchev–Trinajstić information content (AvgIpc) is 2.89. The normalized spacial score (nSPS) is 14.7. The van der Waals surface area contributed by atoms with Crippen LogP contribution >= 0.6 is 0 Å². The minimum absolute atomic E-state index is 0.0218. The van der Waals surface area contributed by atoms with E-state index in [4.69, 9.17) is 9.47 Å². The number of likely N-dealkylation sites (tertiary alicyclic amines) is 1. The van der Waals surface area contributed by atoms with E-state index in [0.717, 1.165) is 70.3 Å². The molecular weight excluding hydrogens is 504 g/mol. The monoisotopic (exact) mass is 546 g/mol. The van der Waals surface area contributed by atoms with Crippen LogP contribution in [0.2, 0.25) is 0 Å². The summed E-state index contributed by atoms with van der Waals surface area (Å²) in [4.78, 5) is 17.2. The molecule has 0 atom stereocenters. The van der Waals surface area contributed by atoms with Crippen molar-refractivity contribution in [2.24, 2.45) is 0 Å². The zero-order valence-electron chi connectivity index (χ0n) is 22.8. The summed E-state index contributed by atoms with van der Waals surface area (Å²) < 4.78 is 36.3. The molecule has 1 aliphatic heterocycles. The number of carbonyl (C=O) groups excluding carboxylic acids is 1. The number of carbonyl (C=O) groups is 1. The van der Waals surface area contributed by atoms with Crippen LogP contribution in [0.3, 0.4) is 0 Å². The molecule has 2 N–H and O–H groups in total. The Bertz CT molecular complexity index is 1090. The molecule has 10 heteroatoms. The number of unbranched alkanes of at least 4 members (excludes halogenated alkanes) is 2. The van der Waals surface area contributed by atoms with Crippen molar-refractivity contribution in [3.63, 3.8) is 0 Å². The molecule has 2 aromatic carbocycles. The number of hydrogen-bond acceptors (Lipinski definition) is 6. The first-order chi connectivity index (χ1) is 18.3. The fourth-order valence-corrected chi connectivity index (χ4v) is 5.13. The minimum atomic E-state index is -3.31. The molecule has 0 aromatic heterocycles. The summed E-state index contributed by atoms with van der Waals surface area (Å²) in [6, 6.07) is 15.1. The molecule has 210 valence electrons. The first-order valence-electron chi connectivity index (χ1n) is 13.4. The Morgan fingerprint density at radius 3 is 2.24 bits per heavy atom. The number of hydrogen-bond donors (Lipinski definition) is 2. The van der Waals surface area contributed by atoms with Crippen molar-refractivity contribution >= 4 is 21.7 Å². The van der Waals surface area contributed by atoms with Crippen LogP contribution in [0, 0.1) is 0 Å². The van der Waals surface area contributed by atoms with Crippen molar-refractivity contribution in [3.8, 4) is 11.5 Å². The number of rotatable bonds is 14. The highest BCUT2D eigenvalue weighted by Gasteiger charge is 2.27. The molecule has 0 radical (unpaired) electrons. The van der Waals surface area contributed by atoms with Crippen molar-refractivity contribution in [1.82, 2.24) is 15.1 Å². The van der Waals surface area contributed by atoms with Gasteiger partial charge in [-0.05, 0) is 61.2 Å². The van der Waals surface area contributed by atoms with Gasteiger partial charge in [0.15, 0.2) is 0 Å². The van der Waals surface area contributed by atoms with Gasteiger partial charge in [-0.15, -0.1) is 0 Å². The van der Waals surface area contributed by atoms with E-state index in [1.165, 1.54) is 5.56 Å². The molecule has 9 nitrogen and oxygen atoms in total. The number of anilines is 1. The highest BCUT2D eigenvalue weighted by molar-refractivity contribution is 7.92. The molecule has 0 spiro atoms. The van der Waals surface area contributed by atoms with Crippen LogP contribution in [0.1, 0.15) is 44.6 Å². The number of sulfonamides is 1. The van der Waals surface area contributed by atoms with E-state index in [9.17, 15) is 13.2 Å². The first-order valence-corrected chi connectivity index (χ1v) is 15.3. The standard InChI is InChI=1S/C28H42N4O5S/c1-4-5-6-17-29-28(33)32(20-21-36-2)25-15-18-31(19-16-25)22-23-7-11-26(12-8-23)37-27-13-9-24(10-14-27)30-38(3,34)35/h7-14,25,30H,4-6,15-22H2,1-3H3,(H,29,33). The van der Waals surface area contributed by atoms with Gasteiger partial charge in [0.05, 0.1) is 12.9 Å². The second-order valence-corrected chi connectivity index (χ2v) is 11.5. The van der Waals surface area contributed by atoms with Crippen molar-refractivity contribution in [2.45, 2.75) is 51.6 Å². The Kier molecular flexibility index (Phi) is 11.7. The molecule has 2 amide bonds. The van der Waals surface area contributed by atoms with Gasteiger partial charge in [-0.3, -0.25) is 9.62 Å². The molecule has 0 saturated carbocycles. The van der Waals surface area contributed by atoms with E-state index >= 15 is 0 Å². The van der Waals surface area contributed by atoms with Crippen LogP contribution in [0.4, 0.5) is 10.5 Å². The largest absolute Gasteiger partial charge is 0.457 e. The summed E-state index contributed by atoms with van der Waals surface area (Å²) in [6.45, 7) is 6.75. The van der Waals surface area contributed by atoms with E-state index in [1.54, 1.807) is 31.4 Å². The van der Waals surface area contributed by atoms with Gasteiger partial charge in [0.25, 0.3) is 0 Å². The maximum Gasteiger partial charge on any atom is 0.317 e. The molecule has 3 rings (SSSR count). The lowest BCUT2D eigenvalue weighted by molar-refractivity contribution is 0.0930. The van der Waals surface area contributed by atoms with Crippen molar-refractivity contribution in [3.05, 3.63) is 54.1 Å². The number of ether oxygens (including phenoxy) is 2. The van der Waals surface area contributed by atoms with Gasteiger partial charge in [0.2, 0.25) is 10.0 Å². The minimum Gasteiger partial charge on any atom is -0.457 e. The highest BCUT2D eigenvalue weighted by Crippen LogP contribution is 2.25. The van der Waals surface area contributed by atoms with Gasteiger partial charge in [0, 0.05) is 51.6 Å². The second kappa shape index (κ2) is 14.9. The summed E-state index contributed by atoms with van der Waals surface area (Å²) >= 11 is 0. The number of nitrogens with one attached hydrogen (secondary N) is 2. The van der Waals surface area contributed by atoms with E-state index in [2.05, 4.69) is 34.0 Å². The van der Waals surface area contributed by atoms with Gasteiger partial charge in [-0.1, -0.05) is 31.9 Å². The summed E-state index contributed by atoms with van der Waals surface area (Å²) in [7, 11) is -1.63.